The number of hydrogen-bond acceptors (Lipinski definition) is 3. The normalized spacial score (nSPS) is 10.1. The Balaban J connectivity index is 1.84. The highest BCUT2D eigenvalue weighted by atomic mass is 32.2. The predicted octanol–water partition coefficient (Wildman–Crippen LogP) is 6.75. The average molecular weight is 374 g/mol. The van der Waals surface area contributed by atoms with E-state index in [4.69, 9.17) is 0 Å². The number of nitriles is 1. The number of hydrogen-bond donors (Lipinski definition) is 0. The lowest BCUT2D eigenvalue weighted by Crippen LogP contribution is -1.88. The van der Waals surface area contributed by atoms with Crippen LogP contribution in [0.1, 0.15) is 16.7 Å². The van der Waals surface area contributed by atoms with Gasteiger partial charge in [0.25, 0.3) is 0 Å². The topological polar surface area (TPSA) is 23.8 Å². The smallest absolute Gasteiger partial charge is 0.101 e. The summed E-state index contributed by atoms with van der Waals surface area (Å²) in [6.45, 7) is 0. The molecule has 26 heavy (non-hydrogen) atoms. The zero-order chi connectivity index (χ0) is 18.0. The maximum atomic E-state index is 9.81. The molecule has 0 saturated heterocycles. The zero-order valence-corrected chi connectivity index (χ0v) is 16.0. The van der Waals surface area contributed by atoms with E-state index in [2.05, 4.69) is 54.6 Å². The largest absolute Gasteiger partial charge is 0.192 e. The molecular weight excluding hydrogens is 354 g/mol. The van der Waals surface area contributed by atoms with E-state index in [-0.39, 0.29) is 0 Å². The third-order valence-corrected chi connectivity index (χ3v) is 6.40. The Morgan fingerprint density at radius 3 is 1.50 bits per heavy atom. The van der Waals surface area contributed by atoms with Gasteiger partial charge in [0, 0.05) is 11.5 Å². The highest BCUT2D eigenvalue weighted by Gasteiger charge is 2.11. The van der Waals surface area contributed by atoms with Crippen LogP contribution in [0, 0.1) is 11.3 Å². The van der Waals surface area contributed by atoms with Crippen molar-refractivity contribution in [1.29, 1.82) is 5.26 Å². The summed E-state index contributed by atoms with van der Waals surface area (Å²) in [5.41, 5.74) is 4.26. The fraction of sp³-hybridized carbons (Fsp3) is 0.0870. The molecule has 3 aromatic carbocycles. The van der Waals surface area contributed by atoms with E-state index in [1.807, 2.05) is 42.5 Å². The molecule has 0 saturated carbocycles. The first kappa shape index (κ1) is 18.4. The van der Waals surface area contributed by atoms with E-state index in [1.165, 1.54) is 11.1 Å². The van der Waals surface area contributed by atoms with E-state index < -0.39 is 0 Å². The van der Waals surface area contributed by atoms with Crippen LogP contribution in [-0.2, 0) is 11.5 Å². The lowest BCUT2D eigenvalue weighted by Gasteiger charge is -2.11. The van der Waals surface area contributed by atoms with E-state index in [0.29, 0.717) is 0 Å². The molecule has 0 heterocycles. The molecule has 0 fully saturated rings. The first-order valence-electron chi connectivity index (χ1n) is 8.40. The molecule has 0 aliphatic carbocycles. The average Bonchev–Trinajstić information content (AvgIpc) is 2.72. The van der Waals surface area contributed by atoms with Gasteiger partial charge in [-0.1, -0.05) is 91.0 Å². The van der Waals surface area contributed by atoms with Crippen LogP contribution in [0.3, 0.4) is 0 Å². The van der Waals surface area contributed by atoms with Crippen LogP contribution in [0.15, 0.2) is 95.2 Å². The summed E-state index contributed by atoms with van der Waals surface area (Å²) in [6.07, 6.45) is 0. The Morgan fingerprint density at radius 1 is 0.654 bits per heavy atom. The van der Waals surface area contributed by atoms with Gasteiger partial charge in [-0.05, 0) is 16.7 Å². The second-order valence-corrected chi connectivity index (χ2v) is 7.92. The molecule has 0 aliphatic heterocycles. The monoisotopic (exact) mass is 373 g/mol. The predicted molar refractivity (Wildman–Crippen MR) is 114 cm³/mol. The Morgan fingerprint density at radius 2 is 1.08 bits per heavy atom. The van der Waals surface area contributed by atoms with Gasteiger partial charge in [-0.25, -0.2) is 0 Å². The van der Waals surface area contributed by atoms with Crippen molar-refractivity contribution in [3.8, 4) is 6.07 Å². The summed E-state index contributed by atoms with van der Waals surface area (Å²) in [4.78, 5) is 0. The van der Waals surface area contributed by atoms with Crippen LogP contribution in [-0.4, -0.2) is 0 Å². The fourth-order valence-electron chi connectivity index (χ4n) is 2.47. The van der Waals surface area contributed by atoms with Gasteiger partial charge >= 0.3 is 0 Å². The molecule has 0 unspecified atom stereocenters. The Labute approximate surface area is 163 Å². The molecule has 0 aromatic heterocycles. The van der Waals surface area contributed by atoms with Crippen molar-refractivity contribution in [2.75, 3.05) is 0 Å². The van der Waals surface area contributed by atoms with Gasteiger partial charge in [0.15, 0.2) is 0 Å². The third kappa shape index (κ3) is 5.29. The highest BCUT2D eigenvalue weighted by Crippen LogP contribution is 2.39. The van der Waals surface area contributed by atoms with Crippen molar-refractivity contribution in [1.82, 2.24) is 0 Å². The van der Waals surface area contributed by atoms with Crippen LogP contribution >= 0.6 is 23.5 Å². The molecular formula is C23H19NS2. The Kier molecular flexibility index (Phi) is 7.01. The molecule has 3 aromatic rings. The lowest BCUT2D eigenvalue weighted by atomic mass is 10.1. The molecule has 0 radical (unpaired) electrons. The van der Waals surface area contributed by atoms with Gasteiger partial charge in [-0.15, -0.1) is 23.5 Å². The van der Waals surface area contributed by atoms with Crippen molar-refractivity contribution < 1.29 is 0 Å². The molecule has 3 heteroatoms. The van der Waals surface area contributed by atoms with E-state index >= 15 is 0 Å². The van der Waals surface area contributed by atoms with Gasteiger partial charge < -0.3 is 0 Å². The van der Waals surface area contributed by atoms with Crippen molar-refractivity contribution in [2.24, 2.45) is 0 Å². The fourth-order valence-corrected chi connectivity index (χ4v) is 4.75. The maximum absolute atomic E-state index is 9.81. The first-order valence-corrected chi connectivity index (χ1v) is 10.4. The molecule has 0 atom stereocenters. The minimum atomic E-state index is 0.757. The van der Waals surface area contributed by atoms with Gasteiger partial charge in [0.05, 0.1) is 9.81 Å². The number of rotatable bonds is 7. The number of nitrogens with zero attached hydrogens (tertiary/aromatic N) is 1. The van der Waals surface area contributed by atoms with E-state index in [1.54, 1.807) is 23.5 Å². The summed E-state index contributed by atoms with van der Waals surface area (Å²) in [5.74, 6) is 1.71. The highest BCUT2D eigenvalue weighted by molar-refractivity contribution is 8.21. The molecule has 1 nitrogen and oxygen atoms in total. The first-order chi connectivity index (χ1) is 12.9. The summed E-state index contributed by atoms with van der Waals surface area (Å²) < 4.78 is 1.08. The third-order valence-electron chi connectivity index (χ3n) is 3.80. The standard InChI is InChI=1S/C23H19NS2/c24-16-22(21-14-8-3-9-15-21)23(25-17-19-10-4-1-5-11-19)26-18-20-12-6-2-7-13-20/h1-15H,17-18H2. The van der Waals surface area contributed by atoms with Crippen LogP contribution < -0.4 is 0 Å². The quantitative estimate of drug-likeness (QED) is 0.428. The Hall–Kier alpha value is -2.41. The molecule has 0 bridgehead atoms. The molecule has 0 spiro atoms. The van der Waals surface area contributed by atoms with Gasteiger partial charge in [0.2, 0.25) is 0 Å². The minimum absolute atomic E-state index is 0.757. The summed E-state index contributed by atoms with van der Waals surface area (Å²) >= 11 is 3.48. The molecule has 0 aliphatic rings. The molecule has 0 N–H and O–H groups in total. The van der Waals surface area contributed by atoms with E-state index in [0.717, 1.165) is 26.9 Å². The minimum Gasteiger partial charge on any atom is -0.192 e. The van der Waals surface area contributed by atoms with Gasteiger partial charge in [-0.3, -0.25) is 0 Å². The molecule has 128 valence electrons. The van der Waals surface area contributed by atoms with Gasteiger partial charge in [-0.2, -0.15) is 5.26 Å². The van der Waals surface area contributed by atoms with Crippen LogP contribution in [0.25, 0.3) is 5.57 Å². The second-order valence-electron chi connectivity index (χ2n) is 5.69. The van der Waals surface area contributed by atoms with E-state index in [9.17, 15) is 5.26 Å². The van der Waals surface area contributed by atoms with Crippen molar-refractivity contribution in [3.63, 3.8) is 0 Å². The van der Waals surface area contributed by atoms with Crippen molar-refractivity contribution in [2.45, 2.75) is 11.5 Å². The SMILES string of the molecule is N#CC(=C(SCc1ccccc1)SCc1ccccc1)c1ccccc1. The second kappa shape index (κ2) is 9.91. The van der Waals surface area contributed by atoms with Crippen LogP contribution in [0.4, 0.5) is 0 Å². The number of benzene rings is 3. The van der Waals surface area contributed by atoms with Gasteiger partial charge in [0.1, 0.15) is 6.07 Å². The number of allylic oxidation sites excluding steroid dienone is 1. The van der Waals surface area contributed by atoms with Crippen molar-refractivity contribution in [3.05, 3.63) is 112 Å². The molecule has 0 amide bonds. The lowest BCUT2D eigenvalue weighted by molar-refractivity contribution is 1.42. The zero-order valence-electron chi connectivity index (χ0n) is 14.3. The Bertz CT molecular complexity index is 836. The van der Waals surface area contributed by atoms with Crippen molar-refractivity contribution >= 4 is 29.1 Å². The molecule has 3 rings (SSSR count). The summed E-state index contributed by atoms with van der Waals surface area (Å²) in [7, 11) is 0. The summed E-state index contributed by atoms with van der Waals surface area (Å²) in [5, 5.41) is 9.81. The maximum Gasteiger partial charge on any atom is 0.101 e. The summed E-state index contributed by atoms with van der Waals surface area (Å²) in [6, 6.07) is 33.2. The number of thioether (sulfide) groups is 2. The van der Waals surface area contributed by atoms with Crippen LogP contribution in [0.2, 0.25) is 0 Å². The van der Waals surface area contributed by atoms with Crippen LogP contribution in [0.5, 0.6) is 0 Å².